The second-order valence-corrected chi connectivity index (χ2v) is 4.72. The number of fused-ring (bicyclic) bond motifs is 1. The van der Waals surface area contributed by atoms with E-state index in [1.165, 1.54) is 5.56 Å². The first-order valence-electron chi connectivity index (χ1n) is 6.37. The summed E-state index contributed by atoms with van der Waals surface area (Å²) < 4.78 is 5.49. The summed E-state index contributed by atoms with van der Waals surface area (Å²) in [5, 5.41) is 0. The average Bonchev–Trinajstić information content (AvgIpc) is 2.91. The second-order valence-electron chi connectivity index (χ2n) is 4.72. The number of nitrogens with zero attached hydrogens (tertiary/aromatic N) is 1. The van der Waals surface area contributed by atoms with Gasteiger partial charge in [0.2, 0.25) is 0 Å². The van der Waals surface area contributed by atoms with Crippen LogP contribution in [0.4, 0.5) is 5.69 Å². The van der Waals surface area contributed by atoms with E-state index >= 15 is 0 Å². The Kier molecular flexibility index (Phi) is 2.85. The van der Waals surface area contributed by atoms with Gasteiger partial charge < -0.3 is 9.64 Å². The van der Waals surface area contributed by atoms with Crippen molar-refractivity contribution in [3.8, 4) is 0 Å². The molecule has 90 valence electrons. The SMILES string of the molecule is O=C([C@H]1CCCO1)N1CCCc2ccccc21. The summed E-state index contributed by atoms with van der Waals surface area (Å²) in [4.78, 5) is 14.3. The number of benzene rings is 1. The van der Waals surface area contributed by atoms with Gasteiger partial charge in [0, 0.05) is 18.8 Å². The van der Waals surface area contributed by atoms with Gasteiger partial charge in [0.25, 0.3) is 5.91 Å². The van der Waals surface area contributed by atoms with Gasteiger partial charge in [-0.3, -0.25) is 4.79 Å². The highest BCUT2D eigenvalue weighted by Gasteiger charge is 2.31. The summed E-state index contributed by atoms with van der Waals surface area (Å²) >= 11 is 0. The molecule has 3 nitrogen and oxygen atoms in total. The number of aryl methyl sites for hydroxylation is 1. The molecule has 1 aromatic carbocycles. The zero-order valence-corrected chi connectivity index (χ0v) is 9.89. The van der Waals surface area contributed by atoms with E-state index in [9.17, 15) is 4.79 Å². The fraction of sp³-hybridized carbons (Fsp3) is 0.500. The van der Waals surface area contributed by atoms with E-state index in [4.69, 9.17) is 4.74 Å². The van der Waals surface area contributed by atoms with Gasteiger partial charge in [0.05, 0.1) is 0 Å². The Labute approximate surface area is 101 Å². The molecule has 0 radical (unpaired) electrons. The Balaban J connectivity index is 1.86. The average molecular weight is 231 g/mol. The summed E-state index contributed by atoms with van der Waals surface area (Å²) in [6, 6.07) is 8.20. The van der Waals surface area contributed by atoms with Crippen molar-refractivity contribution in [1.29, 1.82) is 0 Å². The molecular formula is C14H17NO2. The van der Waals surface area contributed by atoms with Gasteiger partial charge in [-0.1, -0.05) is 18.2 Å². The first-order valence-corrected chi connectivity index (χ1v) is 6.37. The molecule has 1 atom stereocenters. The van der Waals surface area contributed by atoms with E-state index in [1.54, 1.807) is 0 Å². The molecule has 3 heteroatoms. The van der Waals surface area contributed by atoms with Crippen molar-refractivity contribution >= 4 is 11.6 Å². The molecule has 1 fully saturated rings. The quantitative estimate of drug-likeness (QED) is 0.741. The zero-order valence-electron chi connectivity index (χ0n) is 9.89. The van der Waals surface area contributed by atoms with Crippen molar-refractivity contribution in [3.05, 3.63) is 29.8 Å². The molecule has 0 N–H and O–H groups in total. The topological polar surface area (TPSA) is 29.5 Å². The lowest BCUT2D eigenvalue weighted by Gasteiger charge is -2.31. The maximum absolute atomic E-state index is 12.4. The van der Waals surface area contributed by atoms with Gasteiger partial charge in [-0.15, -0.1) is 0 Å². The molecule has 0 aliphatic carbocycles. The fourth-order valence-electron chi connectivity index (χ4n) is 2.71. The molecule has 0 aromatic heterocycles. The van der Waals surface area contributed by atoms with Crippen molar-refractivity contribution in [2.24, 2.45) is 0 Å². The van der Waals surface area contributed by atoms with Crippen LogP contribution in [0, 0.1) is 0 Å². The standard InChI is InChI=1S/C14H17NO2/c16-14(13-8-4-10-17-13)15-9-3-6-11-5-1-2-7-12(11)15/h1-2,5,7,13H,3-4,6,8-10H2/t13-/m1/s1. The van der Waals surface area contributed by atoms with E-state index in [0.29, 0.717) is 0 Å². The minimum absolute atomic E-state index is 0.148. The molecule has 17 heavy (non-hydrogen) atoms. The van der Waals surface area contributed by atoms with Crippen molar-refractivity contribution in [1.82, 2.24) is 0 Å². The zero-order chi connectivity index (χ0) is 11.7. The highest BCUT2D eigenvalue weighted by molar-refractivity contribution is 5.97. The van der Waals surface area contributed by atoms with Crippen LogP contribution in [0.3, 0.4) is 0 Å². The van der Waals surface area contributed by atoms with Crippen LogP contribution in [-0.2, 0) is 16.0 Å². The van der Waals surface area contributed by atoms with Crippen LogP contribution in [0.1, 0.15) is 24.8 Å². The molecule has 0 bridgehead atoms. The number of para-hydroxylation sites is 1. The van der Waals surface area contributed by atoms with Crippen molar-refractivity contribution in [2.45, 2.75) is 31.8 Å². The predicted molar refractivity (Wildman–Crippen MR) is 66.1 cm³/mol. The third kappa shape index (κ3) is 1.95. The molecule has 0 spiro atoms. The molecule has 3 rings (SSSR count). The lowest BCUT2D eigenvalue weighted by molar-refractivity contribution is -0.127. The van der Waals surface area contributed by atoms with E-state index < -0.39 is 0 Å². The highest BCUT2D eigenvalue weighted by Crippen LogP contribution is 2.28. The summed E-state index contributed by atoms with van der Waals surface area (Å²) in [5.74, 6) is 0.148. The number of amides is 1. The summed E-state index contributed by atoms with van der Waals surface area (Å²) in [5.41, 5.74) is 2.37. The maximum Gasteiger partial charge on any atom is 0.256 e. The molecular weight excluding hydrogens is 214 g/mol. The monoisotopic (exact) mass is 231 g/mol. The van der Waals surface area contributed by atoms with Gasteiger partial charge in [-0.2, -0.15) is 0 Å². The minimum Gasteiger partial charge on any atom is -0.368 e. The van der Waals surface area contributed by atoms with E-state index in [-0.39, 0.29) is 12.0 Å². The lowest BCUT2D eigenvalue weighted by Crippen LogP contribution is -2.41. The normalized spacial score (nSPS) is 23.5. The Morgan fingerprint density at radius 2 is 2.18 bits per heavy atom. The summed E-state index contributed by atoms with van der Waals surface area (Å²) in [7, 11) is 0. The third-order valence-corrected chi connectivity index (χ3v) is 3.58. The van der Waals surface area contributed by atoms with E-state index in [0.717, 1.165) is 44.5 Å². The number of rotatable bonds is 1. The number of carbonyl (C=O) groups is 1. The number of anilines is 1. The third-order valence-electron chi connectivity index (χ3n) is 3.58. The number of hydrogen-bond acceptors (Lipinski definition) is 2. The van der Waals surface area contributed by atoms with Crippen LogP contribution in [-0.4, -0.2) is 25.2 Å². The Hall–Kier alpha value is -1.35. The fourth-order valence-corrected chi connectivity index (χ4v) is 2.71. The smallest absolute Gasteiger partial charge is 0.256 e. The largest absolute Gasteiger partial charge is 0.368 e. The van der Waals surface area contributed by atoms with Gasteiger partial charge in [0.1, 0.15) is 6.10 Å². The second kappa shape index (κ2) is 4.49. The number of carbonyl (C=O) groups excluding carboxylic acids is 1. The van der Waals surface area contributed by atoms with Crippen LogP contribution in [0.25, 0.3) is 0 Å². The Morgan fingerprint density at radius 3 is 3.00 bits per heavy atom. The summed E-state index contributed by atoms with van der Waals surface area (Å²) in [6.07, 6.45) is 3.80. The lowest BCUT2D eigenvalue weighted by atomic mass is 10.0. The molecule has 2 aliphatic heterocycles. The predicted octanol–water partition coefficient (Wildman–Crippen LogP) is 2.14. The molecule has 1 aromatic rings. The van der Waals surface area contributed by atoms with Gasteiger partial charge in [0.15, 0.2) is 0 Å². The molecule has 2 aliphatic rings. The Morgan fingerprint density at radius 1 is 1.29 bits per heavy atom. The first-order chi connectivity index (χ1) is 8.36. The van der Waals surface area contributed by atoms with Crippen LogP contribution in [0.5, 0.6) is 0 Å². The number of ether oxygens (including phenoxy) is 1. The molecule has 0 unspecified atom stereocenters. The maximum atomic E-state index is 12.4. The van der Waals surface area contributed by atoms with Crippen LogP contribution in [0.2, 0.25) is 0 Å². The molecule has 1 saturated heterocycles. The molecule has 2 heterocycles. The molecule has 1 amide bonds. The highest BCUT2D eigenvalue weighted by atomic mass is 16.5. The van der Waals surface area contributed by atoms with Crippen molar-refractivity contribution in [3.63, 3.8) is 0 Å². The van der Waals surface area contributed by atoms with E-state index in [2.05, 4.69) is 6.07 Å². The van der Waals surface area contributed by atoms with Crippen LogP contribution >= 0.6 is 0 Å². The van der Waals surface area contributed by atoms with E-state index in [1.807, 2.05) is 23.1 Å². The van der Waals surface area contributed by atoms with Crippen molar-refractivity contribution < 1.29 is 9.53 Å². The van der Waals surface area contributed by atoms with Crippen molar-refractivity contribution in [2.75, 3.05) is 18.1 Å². The summed E-state index contributed by atoms with van der Waals surface area (Å²) in [6.45, 7) is 1.56. The number of hydrogen-bond donors (Lipinski definition) is 0. The van der Waals surface area contributed by atoms with Gasteiger partial charge in [-0.25, -0.2) is 0 Å². The molecule has 0 saturated carbocycles. The van der Waals surface area contributed by atoms with Gasteiger partial charge in [-0.05, 0) is 37.3 Å². The Bertz CT molecular complexity index is 424. The van der Waals surface area contributed by atoms with Crippen LogP contribution < -0.4 is 4.90 Å². The van der Waals surface area contributed by atoms with Gasteiger partial charge >= 0.3 is 0 Å². The first kappa shape index (κ1) is 10.8. The minimum atomic E-state index is -0.207. The van der Waals surface area contributed by atoms with Crippen LogP contribution in [0.15, 0.2) is 24.3 Å².